The highest BCUT2D eigenvalue weighted by Crippen LogP contribution is 2.31. The fourth-order valence-corrected chi connectivity index (χ4v) is 2.94. The summed E-state index contributed by atoms with van der Waals surface area (Å²) in [5.41, 5.74) is 1.03. The first-order valence-electron chi connectivity index (χ1n) is 7.54. The predicted octanol–water partition coefficient (Wildman–Crippen LogP) is 3.92. The molecule has 0 amide bonds. The molecule has 2 aromatic rings. The summed E-state index contributed by atoms with van der Waals surface area (Å²) < 4.78 is 5.85. The molecule has 1 aliphatic rings. The van der Waals surface area contributed by atoms with Gasteiger partial charge in [-0.25, -0.2) is 0 Å². The number of rotatable bonds is 5. The lowest BCUT2D eigenvalue weighted by atomic mass is 10.1. The molecule has 1 aliphatic heterocycles. The Labute approximate surface area is 130 Å². The van der Waals surface area contributed by atoms with Crippen LogP contribution in [0.5, 0.6) is 11.5 Å². The molecule has 1 atom stereocenters. The van der Waals surface area contributed by atoms with Crippen molar-refractivity contribution < 1.29 is 14.6 Å². The summed E-state index contributed by atoms with van der Waals surface area (Å²) in [7, 11) is 0. The monoisotopic (exact) mass is 297 g/mol. The van der Waals surface area contributed by atoms with Crippen molar-refractivity contribution in [1.82, 2.24) is 0 Å². The number of benzene rings is 2. The van der Waals surface area contributed by atoms with Gasteiger partial charge in [0.1, 0.15) is 11.5 Å². The Hall–Kier alpha value is -2.49. The number of para-hydroxylation sites is 1. The highest BCUT2D eigenvalue weighted by molar-refractivity contribution is 5.69. The number of nitrogens with zero attached hydrogens (tertiary/aromatic N) is 1. The van der Waals surface area contributed by atoms with E-state index in [1.54, 1.807) is 0 Å². The number of hydrogen-bond acceptors (Lipinski definition) is 3. The van der Waals surface area contributed by atoms with Gasteiger partial charge in [-0.1, -0.05) is 24.3 Å². The second-order valence-corrected chi connectivity index (χ2v) is 5.50. The zero-order valence-corrected chi connectivity index (χ0v) is 12.3. The number of anilines is 1. The van der Waals surface area contributed by atoms with E-state index in [4.69, 9.17) is 9.84 Å². The summed E-state index contributed by atoms with van der Waals surface area (Å²) in [6.07, 6.45) is 2.14. The lowest BCUT2D eigenvalue weighted by molar-refractivity contribution is -0.137. The zero-order chi connectivity index (χ0) is 15.4. The van der Waals surface area contributed by atoms with E-state index in [2.05, 4.69) is 4.90 Å². The Morgan fingerprint density at radius 1 is 1.14 bits per heavy atom. The van der Waals surface area contributed by atoms with Crippen LogP contribution in [0.15, 0.2) is 54.6 Å². The van der Waals surface area contributed by atoms with Gasteiger partial charge in [-0.3, -0.25) is 4.79 Å². The van der Waals surface area contributed by atoms with Gasteiger partial charge in [-0.05, 0) is 37.1 Å². The molecule has 0 radical (unpaired) electrons. The van der Waals surface area contributed by atoms with Crippen molar-refractivity contribution in [2.45, 2.75) is 25.3 Å². The van der Waals surface area contributed by atoms with Crippen molar-refractivity contribution in [2.75, 3.05) is 11.4 Å². The number of hydrogen-bond donors (Lipinski definition) is 1. The highest BCUT2D eigenvalue weighted by atomic mass is 16.5. The first kappa shape index (κ1) is 14.4. The molecular weight excluding hydrogens is 278 g/mol. The van der Waals surface area contributed by atoms with Gasteiger partial charge >= 0.3 is 5.97 Å². The second-order valence-electron chi connectivity index (χ2n) is 5.50. The average molecular weight is 297 g/mol. The van der Waals surface area contributed by atoms with Crippen molar-refractivity contribution in [3.63, 3.8) is 0 Å². The molecule has 1 heterocycles. The number of carboxylic acids is 1. The molecule has 1 unspecified atom stereocenters. The third kappa shape index (κ3) is 3.39. The third-order valence-electron chi connectivity index (χ3n) is 3.92. The first-order valence-corrected chi connectivity index (χ1v) is 7.54. The number of ether oxygens (including phenoxy) is 1. The molecule has 0 aromatic heterocycles. The number of aliphatic carboxylic acids is 1. The fraction of sp³-hybridized carbons (Fsp3) is 0.278. The standard InChI is InChI=1S/C18H19NO3/c20-18(21)13-15-7-5-11-19(15)14-6-4-10-17(12-14)22-16-8-2-1-3-9-16/h1-4,6,8-10,12,15H,5,7,11,13H2,(H,20,21). The van der Waals surface area contributed by atoms with E-state index in [0.717, 1.165) is 36.6 Å². The van der Waals surface area contributed by atoms with E-state index in [1.165, 1.54) is 0 Å². The molecular formula is C18H19NO3. The summed E-state index contributed by atoms with van der Waals surface area (Å²) in [4.78, 5) is 13.2. The SMILES string of the molecule is O=C(O)CC1CCCN1c1cccc(Oc2ccccc2)c1. The zero-order valence-electron chi connectivity index (χ0n) is 12.3. The van der Waals surface area contributed by atoms with Gasteiger partial charge in [0.15, 0.2) is 0 Å². The number of carbonyl (C=O) groups is 1. The summed E-state index contributed by atoms with van der Waals surface area (Å²) in [5, 5.41) is 9.04. The first-order chi connectivity index (χ1) is 10.7. The summed E-state index contributed by atoms with van der Waals surface area (Å²) in [6.45, 7) is 0.896. The van der Waals surface area contributed by atoms with Gasteiger partial charge in [0.05, 0.1) is 6.42 Å². The Balaban J connectivity index is 1.77. The Morgan fingerprint density at radius 2 is 1.91 bits per heavy atom. The Bertz CT molecular complexity index is 642. The van der Waals surface area contributed by atoms with E-state index in [9.17, 15) is 4.79 Å². The largest absolute Gasteiger partial charge is 0.481 e. The maximum Gasteiger partial charge on any atom is 0.305 e. The summed E-state index contributed by atoms with van der Waals surface area (Å²) >= 11 is 0. The normalized spacial score (nSPS) is 17.5. The molecule has 22 heavy (non-hydrogen) atoms. The van der Waals surface area contributed by atoms with Crippen molar-refractivity contribution in [2.24, 2.45) is 0 Å². The molecule has 1 saturated heterocycles. The van der Waals surface area contributed by atoms with Gasteiger partial charge in [0, 0.05) is 24.3 Å². The van der Waals surface area contributed by atoms with Crippen LogP contribution in [0.3, 0.4) is 0 Å². The van der Waals surface area contributed by atoms with Gasteiger partial charge in [-0.2, -0.15) is 0 Å². The molecule has 3 rings (SSSR count). The van der Waals surface area contributed by atoms with E-state index >= 15 is 0 Å². The lowest BCUT2D eigenvalue weighted by Gasteiger charge is -2.26. The van der Waals surface area contributed by atoms with Crippen LogP contribution < -0.4 is 9.64 Å². The molecule has 0 saturated carbocycles. The minimum atomic E-state index is -0.742. The van der Waals surface area contributed by atoms with Crippen LogP contribution in [-0.2, 0) is 4.79 Å². The molecule has 1 fully saturated rings. The van der Waals surface area contributed by atoms with Crippen LogP contribution in [0.1, 0.15) is 19.3 Å². The molecule has 2 aromatic carbocycles. The van der Waals surface area contributed by atoms with Crippen LogP contribution in [0.4, 0.5) is 5.69 Å². The van der Waals surface area contributed by atoms with Gasteiger partial charge in [-0.15, -0.1) is 0 Å². The fourth-order valence-electron chi connectivity index (χ4n) is 2.94. The second kappa shape index (κ2) is 6.52. The molecule has 0 aliphatic carbocycles. The predicted molar refractivity (Wildman–Crippen MR) is 85.6 cm³/mol. The van der Waals surface area contributed by atoms with Crippen molar-refractivity contribution in [3.05, 3.63) is 54.6 Å². The van der Waals surface area contributed by atoms with Crippen molar-refractivity contribution in [3.8, 4) is 11.5 Å². The van der Waals surface area contributed by atoms with Crippen molar-refractivity contribution >= 4 is 11.7 Å². The maximum atomic E-state index is 11.0. The molecule has 1 N–H and O–H groups in total. The van der Waals surface area contributed by atoms with Crippen LogP contribution in [0.25, 0.3) is 0 Å². The molecule has 4 heteroatoms. The molecule has 0 spiro atoms. The Kier molecular flexibility index (Phi) is 4.28. The van der Waals surface area contributed by atoms with Crippen LogP contribution in [0, 0.1) is 0 Å². The van der Waals surface area contributed by atoms with Crippen LogP contribution >= 0.6 is 0 Å². The van der Waals surface area contributed by atoms with E-state index in [1.807, 2.05) is 54.6 Å². The van der Waals surface area contributed by atoms with Crippen molar-refractivity contribution in [1.29, 1.82) is 0 Å². The average Bonchev–Trinajstić information content (AvgIpc) is 2.96. The molecule has 0 bridgehead atoms. The van der Waals surface area contributed by atoms with E-state index in [-0.39, 0.29) is 12.5 Å². The van der Waals surface area contributed by atoms with Gasteiger partial charge < -0.3 is 14.7 Å². The minimum Gasteiger partial charge on any atom is -0.481 e. The highest BCUT2D eigenvalue weighted by Gasteiger charge is 2.26. The smallest absolute Gasteiger partial charge is 0.305 e. The van der Waals surface area contributed by atoms with Gasteiger partial charge in [0.25, 0.3) is 0 Å². The Morgan fingerprint density at radius 3 is 2.68 bits per heavy atom. The third-order valence-corrected chi connectivity index (χ3v) is 3.92. The number of carboxylic acid groups (broad SMARTS) is 1. The quantitative estimate of drug-likeness (QED) is 0.908. The van der Waals surface area contributed by atoms with Crippen LogP contribution in [-0.4, -0.2) is 23.7 Å². The summed E-state index contributed by atoms with van der Waals surface area (Å²) in [5.74, 6) is 0.821. The topological polar surface area (TPSA) is 49.8 Å². The summed E-state index contributed by atoms with van der Waals surface area (Å²) in [6, 6.07) is 17.6. The van der Waals surface area contributed by atoms with E-state index < -0.39 is 5.97 Å². The maximum absolute atomic E-state index is 11.0. The van der Waals surface area contributed by atoms with E-state index in [0.29, 0.717) is 0 Å². The molecule has 4 nitrogen and oxygen atoms in total. The minimum absolute atomic E-state index is 0.0736. The molecule has 114 valence electrons. The lowest BCUT2D eigenvalue weighted by Crippen LogP contribution is -2.31. The van der Waals surface area contributed by atoms with Crippen LogP contribution in [0.2, 0.25) is 0 Å². The van der Waals surface area contributed by atoms with Gasteiger partial charge in [0.2, 0.25) is 0 Å².